The Morgan fingerprint density at radius 2 is 2.00 bits per heavy atom. The average molecular weight is 238 g/mol. The molecule has 3 N–H and O–H groups in total. The van der Waals surface area contributed by atoms with Crippen LogP contribution in [0, 0.1) is 5.41 Å². The lowest BCUT2D eigenvalue weighted by molar-refractivity contribution is -0.128. The zero-order valence-electron chi connectivity index (χ0n) is 9.69. The van der Waals surface area contributed by atoms with Crippen molar-refractivity contribution in [1.29, 1.82) is 0 Å². The number of carbonyl (C=O) groups is 1. The van der Waals surface area contributed by atoms with Crippen LogP contribution in [0.4, 0.5) is 0 Å². The molecule has 0 saturated carbocycles. The first-order chi connectivity index (χ1) is 7.56. The Kier molecular flexibility index (Phi) is 4.83. The molecular weight excluding hydrogens is 220 g/mol. The summed E-state index contributed by atoms with van der Waals surface area (Å²) in [5.41, 5.74) is 3.05. The largest absolute Gasteiger partial charge is 0.294 e. The SMILES string of the molecule is CC(C)(CSCc1ccccc1)C(=O)NN. The fourth-order valence-electron chi connectivity index (χ4n) is 1.26. The van der Waals surface area contributed by atoms with E-state index in [-0.39, 0.29) is 5.91 Å². The fraction of sp³-hybridized carbons (Fsp3) is 0.417. The van der Waals surface area contributed by atoms with Crippen molar-refractivity contribution in [3.8, 4) is 0 Å². The molecule has 16 heavy (non-hydrogen) atoms. The smallest absolute Gasteiger partial charge is 0.240 e. The van der Waals surface area contributed by atoms with Gasteiger partial charge in [-0.1, -0.05) is 44.2 Å². The standard InChI is InChI=1S/C12H18N2OS/c1-12(2,11(15)14-13)9-16-8-10-6-4-3-5-7-10/h3-7H,8-9,13H2,1-2H3,(H,14,15). The predicted molar refractivity (Wildman–Crippen MR) is 68.7 cm³/mol. The van der Waals surface area contributed by atoms with Gasteiger partial charge in [0, 0.05) is 11.5 Å². The second kappa shape index (κ2) is 5.92. The number of benzene rings is 1. The quantitative estimate of drug-likeness (QED) is 0.468. The molecule has 0 aliphatic heterocycles. The Balaban J connectivity index is 2.38. The summed E-state index contributed by atoms with van der Waals surface area (Å²) in [5, 5.41) is 0. The summed E-state index contributed by atoms with van der Waals surface area (Å²) in [6.45, 7) is 3.79. The number of carbonyl (C=O) groups excluding carboxylic acids is 1. The Bertz CT molecular complexity index is 338. The third-order valence-electron chi connectivity index (χ3n) is 2.32. The topological polar surface area (TPSA) is 55.1 Å². The maximum absolute atomic E-state index is 11.4. The van der Waals surface area contributed by atoms with E-state index in [9.17, 15) is 4.79 Å². The zero-order valence-corrected chi connectivity index (χ0v) is 10.5. The van der Waals surface area contributed by atoms with Crippen LogP contribution in [-0.2, 0) is 10.5 Å². The summed E-state index contributed by atoms with van der Waals surface area (Å²) in [6, 6.07) is 10.2. The molecule has 0 unspecified atom stereocenters. The molecule has 1 aromatic carbocycles. The van der Waals surface area contributed by atoms with Gasteiger partial charge < -0.3 is 0 Å². The Labute approximate surface area is 101 Å². The predicted octanol–water partition coefficient (Wildman–Crippen LogP) is 1.94. The van der Waals surface area contributed by atoms with Gasteiger partial charge in [0.25, 0.3) is 0 Å². The molecule has 0 atom stereocenters. The Morgan fingerprint density at radius 1 is 1.38 bits per heavy atom. The van der Waals surface area contributed by atoms with Crippen molar-refractivity contribution in [3.63, 3.8) is 0 Å². The van der Waals surface area contributed by atoms with Crippen molar-refractivity contribution < 1.29 is 4.79 Å². The maximum atomic E-state index is 11.4. The summed E-state index contributed by atoms with van der Waals surface area (Å²) in [5.74, 6) is 6.69. The van der Waals surface area contributed by atoms with E-state index in [2.05, 4.69) is 17.6 Å². The number of thioether (sulfide) groups is 1. The van der Waals surface area contributed by atoms with Gasteiger partial charge in [-0.3, -0.25) is 10.2 Å². The highest BCUT2D eigenvalue weighted by Crippen LogP contribution is 2.24. The first kappa shape index (κ1) is 13.1. The third-order valence-corrected chi connectivity index (χ3v) is 3.78. The van der Waals surface area contributed by atoms with E-state index in [1.54, 1.807) is 11.8 Å². The summed E-state index contributed by atoms with van der Waals surface area (Å²) in [4.78, 5) is 11.4. The van der Waals surface area contributed by atoms with Crippen LogP contribution in [0.15, 0.2) is 30.3 Å². The second-order valence-electron chi connectivity index (χ2n) is 4.34. The summed E-state index contributed by atoms with van der Waals surface area (Å²) >= 11 is 1.74. The van der Waals surface area contributed by atoms with Crippen LogP contribution in [0.5, 0.6) is 0 Å². The molecule has 0 fully saturated rings. The minimum Gasteiger partial charge on any atom is -0.294 e. The molecule has 0 spiro atoms. The molecule has 0 aliphatic carbocycles. The van der Waals surface area contributed by atoms with Gasteiger partial charge in [-0.05, 0) is 5.56 Å². The summed E-state index contributed by atoms with van der Waals surface area (Å²) < 4.78 is 0. The second-order valence-corrected chi connectivity index (χ2v) is 5.32. The fourth-order valence-corrected chi connectivity index (χ4v) is 2.43. The molecule has 4 heteroatoms. The van der Waals surface area contributed by atoms with E-state index >= 15 is 0 Å². The van der Waals surface area contributed by atoms with Gasteiger partial charge in [0.2, 0.25) is 5.91 Å². The molecule has 1 aromatic rings. The molecular formula is C12H18N2OS. The number of nitrogens with one attached hydrogen (secondary N) is 1. The van der Waals surface area contributed by atoms with Crippen molar-refractivity contribution >= 4 is 17.7 Å². The van der Waals surface area contributed by atoms with E-state index in [4.69, 9.17) is 5.84 Å². The first-order valence-corrected chi connectivity index (χ1v) is 6.34. The number of hydrazine groups is 1. The zero-order chi connectivity index (χ0) is 12.0. The van der Waals surface area contributed by atoms with Gasteiger partial charge in [0.05, 0.1) is 5.41 Å². The molecule has 0 heterocycles. The minimum atomic E-state index is -0.422. The minimum absolute atomic E-state index is 0.118. The Hall–Kier alpha value is -1.00. The van der Waals surface area contributed by atoms with Crippen LogP contribution in [0.3, 0.4) is 0 Å². The number of hydrogen-bond donors (Lipinski definition) is 2. The van der Waals surface area contributed by atoms with Crippen molar-refractivity contribution in [1.82, 2.24) is 5.43 Å². The molecule has 0 aliphatic rings. The van der Waals surface area contributed by atoms with Gasteiger partial charge in [-0.25, -0.2) is 5.84 Å². The van der Waals surface area contributed by atoms with Crippen molar-refractivity contribution in [2.45, 2.75) is 19.6 Å². The van der Waals surface area contributed by atoms with Crippen molar-refractivity contribution in [2.24, 2.45) is 11.3 Å². The highest BCUT2D eigenvalue weighted by Gasteiger charge is 2.26. The van der Waals surface area contributed by atoms with Crippen LogP contribution >= 0.6 is 11.8 Å². The van der Waals surface area contributed by atoms with Crippen LogP contribution in [0.2, 0.25) is 0 Å². The molecule has 1 amide bonds. The lowest BCUT2D eigenvalue weighted by Crippen LogP contribution is -2.42. The number of amides is 1. The molecule has 1 rings (SSSR count). The van der Waals surface area contributed by atoms with Crippen LogP contribution in [0.1, 0.15) is 19.4 Å². The van der Waals surface area contributed by atoms with Crippen LogP contribution in [-0.4, -0.2) is 11.7 Å². The number of nitrogens with two attached hydrogens (primary N) is 1. The molecule has 0 bridgehead atoms. The van der Waals surface area contributed by atoms with Crippen molar-refractivity contribution in [3.05, 3.63) is 35.9 Å². The van der Waals surface area contributed by atoms with Crippen LogP contribution < -0.4 is 11.3 Å². The van der Waals surface area contributed by atoms with Gasteiger partial charge in [0.1, 0.15) is 0 Å². The number of rotatable bonds is 5. The van der Waals surface area contributed by atoms with Gasteiger partial charge >= 0.3 is 0 Å². The number of hydrogen-bond acceptors (Lipinski definition) is 3. The maximum Gasteiger partial charge on any atom is 0.240 e. The van der Waals surface area contributed by atoms with E-state index < -0.39 is 5.41 Å². The van der Waals surface area contributed by atoms with Gasteiger partial charge in [0.15, 0.2) is 0 Å². The molecule has 3 nitrogen and oxygen atoms in total. The summed E-state index contributed by atoms with van der Waals surface area (Å²) in [6.07, 6.45) is 0. The molecule has 0 radical (unpaired) electrons. The molecule has 88 valence electrons. The van der Waals surface area contributed by atoms with Gasteiger partial charge in [-0.15, -0.1) is 0 Å². The third kappa shape index (κ3) is 3.87. The van der Waals surface area contributed by atoms with Crippen molar-refractivity contribution in [2.75, 3.05) is 5.75 Å². The van der Waals surface area contributed by atoms with E-state index in [1.165, 1.54) is 5.56 Å². The lowest BCUT2D eigenvalue weighted by atomic mass is 9.96. The highest BCUT2D eigenvalue weighted by atomic mass is 32.2. The monoisotopic (exact) mass is 238 g/mol. The molecule has 0 saturated heterocycles. The summed E-state index contributed by atoms with van der Waals surface area (Å²) in [7, 11) is 0. The molecule has 0 aromatic heterocycles. The Morgan fingerprint density at radius 3 is 2.56 bits per heavy atom. The highest BCUT2D eigenvalue weighted by molar-refractivity contribution is 7.98. The first-order valence-electron chi connectivity index (χ1n) is 5.19. The normalized spacial score (nSPS) is 11.2. The average Bonchev–Trinajstić information content (AvgIpc) is 2.29. The van der Waals surface area contributed by atoms with Crippen LogP contribution in [0.25, 0.3) is 0 Å². The van der Waals surface area contributed by atoms with Gasteiger partial charge in [-0.2, -0.15) is 11.8 Å². The lowest BCUT2D eigenvalue weighted by Gasteiger charge is -2.21. The van der Waals surface area contributed by atoms with E-state index in [0.29, 0.717) is 0 Å². The van der Waals surface area contributed by atoms with E-state index in [1.807, 2.05) is 32.0 Å². The van der Waals surface area contributed by atoms with E-state index in [0.717, 1.165) is 11.5 Å².